The first-order valence-corrected chi connectivity index (χ1v) is 10.1. The van der Waals surface area contributed by atoms with Crippen LogP contribution in [-0.4, -0.2) is 42.0 Å². The lowest BCUT2D eigenvalue weighted by molar-refractivity contribution is -0.131. The molecule has 5 heteroatoms. The number of carbonyl (C=O) groups excluding carboxylic acids is 1. The number of halogens is 1. The van der Waals surface area contributed by atoms with Crippen molar-refractivity contribution in [2.45, 2.75) is 32.1 Å². The summed E-state index contributed by atoms with van der Waals surface area (Å²) in [5, 5.41) is 1.20. The van der Waals surface area contributed by atoms with Crippen molar-refractivity contribution in [1.29, 1.82) is 0 Å². The lowest BCUT2D eigenvalue weighted by Gasteiger charge is -2.34. The quantitative estimate of drug-likeness (QED) is 0.771. The summed E-state index contributed by atoms with van der Waals surface area (Å²) < 4.78 is 1.04. The first kappa shape index (κ1) is 16.8. The molecule has 0 unspecified atom stereocenters. The number of para-hydroxylation sites is 1. The van der Waals surface area contributed by atoms with Crippen LogP contribution in [0.5, 0.6) is 0 Å². The van der Waals surface area contributed by atoms with Crippen LogP contribution in [0, 0.1) is 5.92 Å². The number of piperidine rings is 1. The van der Waals surface area contributed by atoms with Gasteiger partial charge in [0.15, 0.2) is 0 Å². The van der Waals surface area contributed by atoms with Gasteiger partial charge in [0.2, 0.25) is 5.91 Å². The molecule has 4 nitrogen and oxygen atoms in total. The number of aromatic nitrogens is 1. The van der Waals surface area contributed by atoms with Crippen LogP contribution >= 0.6 is 15.9 Å². The van der Waals surface area contributed by atoms with Crippen molar-refractivity contribution >= 4 is 38.4 Å². The Morgan fingerprint density at radius 2 is 1.88 bits per heavy atom. The highest BCUT2D eigenvalue weighted by Crippen LogP contribution is 2.33. The summed E-state index contributed by atoms with van der Waals surface area (Å²) >= 11 is 3.60. The van der Waals surface area contributed by atoms with Gasteiger partial charge in [0, 0.05) is 54.3 Å². The molecule has 0 bridgehead atoms. The SMILES string of the molecule is O=C(CC1CCN(c2ccnc3c(Br)cccc23)CC1)N1CCCC1. The van der Waals surface area contributed by atoms with Gasteiger partial charge in [0.25, 0.3) is 0 Å². The molecule has 2 aliphatic rings. The van der Waals surface area contributed by atoms with E-state index in [1.165, 1.54) is 23.9 Å². The Morgan fingerprint density at radius 3 is 2.64 bits per heavy atom. The second kappa shape index (κ2) is 7.32. The molecule has 3 heterocycles. The molecular weight excluding hydrogens is 378 g/mol. The molecule has 2 aliphatic heterocycles. The molecular formula is C20H24BrN3O. The second-order valence-electron chi connectivity index (χ2n) is 7.19. The first-order chi connectivity index (χ1) is 12.2. The van der Waals surface area contributed by atoms with Gasteiger partial charge in [0.05, 0.1) is 5.52 Å². The van der Waals surface area contributed by atoms with Gasteiger partial charge in [-0.2, -0.15) is 0 Å². The van der Waals surface area contributed by atoms with Gasteiger partial charge in [-0.05, 0) is 59.7 Å². The van der Waals surface area contributed by atoms with E-state index < -0.39 is 0 Å². The van der Waals surface area contributed by atoms with Gasteiger partial charge in [-0.1, -0.05) is 12.1 Å². The van der Waals surface area contributed by atoms with Crippen molar-refractivity contribution in [2.24, 2.45) is 5.92 Å². The van der Waals surface area contributed by atoms with Gasteiger partial charge < -0.3 is 9.80 Å². The standard InChI is InChI=1S/C20H24BrN3O/c21-17-5-3-4-16-18(6-9-22-20(16)17)23-12-7-15(8-13-23)14-19(25)24-10-1-2-11-24/h3-6,9,15H,1-2,7-8,10-14H2. The van der Waals surface area contributed by atoms with E-state index in [9.17, 15) is 4.79 Å². The molecule has 0 N–H and O–H groups in total. The van der Waals surface area contributed by atoms with E-state index in [4.69, 9.17) is 0 Å². The molecule has 0 radical (unpaired) electrons. The fraction of sp³-hybridized carbons (Fsp3) is 0.500. The summed E-state index contributed by atoms with van der Waals surface area (Å²) in [7, 11) is 0. The third-order valence-corrected chi connectivity index (χ3v) is 6.22. The van der Waals surface area contributed by atoms with Crippen molar-refractivity contribution in [3.05, 3.63) is 34.9 Å². The van der Waals surface area contributed by atoms with E-state index in [0.29, 0.717) is 11.8 Å². The number of fused-ring (bicyclic) bond motifs is 1. The lowest BCUT2D eigenvalue weighted by atomic mass is 9.92. The van der Waals surface area contributed by atoms with Crippen LogP contribution in [0.4, 0.5) is 5.69 Å². The molecule has 1 aromatic carbocycles. The molecule has 2 fully saturated rings. The second-order valence-corrected chi connectivity index (χ2v) is 8.04. The van der Waals surface area contributed by atoms with E-state index in [2.05, 4.69) is 48.9 Å². The summed E-state index contributed by atoms with van der Waals surface area (Å²) in [6.07, 6.45) is 7.17. The number of rotatable bonds is 3. The zero-order valence-electron chi connectivity index (χ0n) is 14.5. The summed E-state index contributed by atoms with van der Waals surface area (Å²) in [4.78, 5) is 21.4. The Hall–Kier alpha value is -1.62. The molecule has 25 heavy (non-hydrogen) atoms. The van der Waals surface area contributed by atoms with Crippen LogP contribution in [-0.2, 0) is 4.79 Å². The molecule has 1 amide bonds. The Bertz CT molecular complexity index is 765. The largest absolute Gasteiger partial charge is 0.371 e. The molecule has 0 aliphatic carbocycles. The average Bonchev–Trinajstić information content (AvgIpc) is 3.17. The summed E-state index contributed by atoms with van der Waals surface area (Å²) in [6, 6.07) is 8.37. The van der Waals surface area contributed by atoms with E-state index in [0.717, 1.165) is 55.4 Å². The monoisotopic (exact) mass is 401 g/mol. The Morgan fingerprint density at radius 1 is 1.12 bits per heavy atom. The number of amides is 1. The van der Waals surface area contributed by atoms with Crippen LogP contribution in [0.1, 0.15) is 32.1 Å². The van der Waals surface area contributed by atoms with E-state index in [1.807, 2.05) is 12.3 Å². The van der Waals surface area contributed by atoms with E-state index in [-0.39, 0.29) is 0 Å². The highest BCUT2D eigenvalue weighted by atomic mass is 79.9. The Labute approximate surface area is 157 Å². The summed E-state index contributed by atoms with van der Waals surface area (Å²) in [5.41, 5.74) is 2.28. The van der Waals surface area contributed by atoms with Crippen LogP contribution in [0.2, 0.25) is 0 Å². The number of carbonyl (C=O) groups is 1. The van der Waals surface area contributed by atoms with E-state index in [1.54, 1.807) is 0 Å². The number of benzene rings is 1. The zero-order chi connectivity index (χ0) is 17.2. The van der Waals surface area contributed by atoms with Gasteiger partial charge in [-0.25, -0.2) is 0 Å². The average molecular weight is 402 g/mol. The van der Waals surface area contributed by atoms with Crippen LogP contribution in [0.3, 0.4) is 0 Å². The fourth-order valence-electron chi connectivity index (χ4n) is 4.12. The highest BCUT2D eigenvalue weighted by molar-refractivity contribution is 9.10. The maximum Gasteiger partial charge on any atom is 0.222 e. The van der Waals surface area contributed by atoms with Gasteiger partial charge in [-0.15, -0.1) is 0 Å². The van der Waals surface area contributed by atoms with Crippen molar-refractivity contribution in [3.63, 3.8) is 0 Å². The maximum absolute atomic E-state index is 12.4. The predicted octanol–water partition coefficient (Wildman–Crippen LogP) is 4.23. The molecule has 2 aromatic rings. The molecule has 132 valence electrons. The normalized spacial score (nSPS) is 18.9. The number of likely N-dealkylation sites (tertiary alicyclic amines) is 1. The van der Waals surface area contributed by atoms with Crippen LogP contribution in [0.15, 0.2) is 34.9 Å². The van der Waals surface area contributed by atoms with Gasteiger partial charge in [-0.3, -0.25) is 9.78 Å². The van der Waals surface area contributed by atoms with Crippen molar-refractivity contribution in [2.75, 3.05) is 31.1 Å². The number of anilines is 1. The molecule has 4 rings (SSSR count). The topological polar surface area (TPSA) is 36.4 Å². The third-order valence-electron chi connectivity index (χ3n) is 5.58. The number of hydrogen-bond acceptors (Lipinski definition) is 3. The number of pyridine rings is 1. The Balaban J connectivity index is 1.42. The highest BCUT2D eigenvalue weighted by Gasteiger charge is 2.26. The molecule has 0 spiro atoms. The minimum absolute atomic E-state index is 0.370. The van der Waals surface area contributed by atoms with Gasteiger partial charge >= 0.3 is 0 Å². The minimum atomic E-state index is 0.370. The molecule has 2 saturated heterocycles. The van der Waals surface area contributed by atoms with Gasteiger partial charge in [0.1, 0.15) is 0 Å². The smallest absolute Gasteiger partial charge is 0.222 e. The fourth-order valence-corrected chi connectivity index (χ4v) is 4.59. The summed E-state index contributed by atoms with van der Waals surface area (Å²) in [5.74, 6) is 0.901. The maximum atomic E-state index is 12.4. The van der Waals surface area contributed by atoms with Crippen molar-refractivity contribution in [1.82, 2.24) is 9.88 Å². The Kier molecular flexibility index (Phi) is 4.93. The molecule has 0 saturated carbocycles. The number of hydrogen-bond donors (Lipinski definition) is 0. The minimum Gasteiger partial charge on any atom is -0.371 e. The van der Waals surface area contributed by atoms with Crippen molar-refractivity contribution < 1.29 is 4.79 Å². The van der Waals surface area contributed by atoms with Crippen LogP contribution in [0.25, 0.3) is 10.9 Å². The zero-order valence-corrected chi connectivity index (χ0v) is 16.0. The molecule has 0 atom stereocenters. The van der Waals surface area contributed by atoms with E-state index >= 15 is 0 Å². The molecule has 1 aromatic heterocycles. The van der Waals surface area contributed by atoms with Crippen molar-refractivity contribution in [3.8, 4) is 0 Å². The summed E-state index contributed by atoms with van der Waals surface area (Å²) in [6.45, 7) is 3.97. The number of nitrogens with zero attached hydrogens (tertiary/aromatic N) is 3. The predicted molar refractivity (Wildman–Crippen MR) is 105 cm³/mol. The first-order valence-electron chi connectivity index (χ1n) is 9.28. The van der Waals surface area contributed by atoms with Crippen LogP contribution < -0.4 is 4.90 Å². The lowest BCUT2D eigenvalue weighted by Crippen LogP contribution is -2.36. The third kappa shape index (κ3) is 3.52.